The number of carboxylic acids is 2. The lowest BCUT2D eigenvalue weighted by Crippen LogP contribution is -2.32. The molecule has 2 aromatic carbocycles. The Kier molecular flexibility index (Phi) is 14.0. The van der Waals surface area contributed by atoms with Crippen molar-refractivity contribution in [2.24, 2.45) is 0 Å². The molecule has 30 heavy (non-hydrogen) atoms. The zero-order valence-electron chi connectivity index (χ0n) is 16.5. The minimum atomic E-state index is -0.988. The van der Waals surface area contributed by atoms with Crippen LogP contribution < -0.4 is 11.5 Å². The number of aromatic carboxylic acids is 2. The zero-order chi connectivity index (χ0) is 22.9. The van der Waals surface area contributed by atoms with Gasteiger partial charge in [0, 0.05) is 31.0 Å². The van der Waals surface area contributed by atoms with Crippen molar-refractivity contribution in [3.63, 3.8) is 0 Å². The van der Waals surface area contributed by atoms with Crippen molar-refractivity contribution >= 4 is 23.3 Å². The molecule has 0 aliphatic carbocycles. The van der Waals surface area contributed by atoms with Crippen LogP contribution in [0.4, 0.5) is 11.4 Å². The molecule has 0 heterocycles. The smallest absolute Gasteiger partial charge is 0.337 e. The van der Waals surface area contributed by atoms with Crippen LogP contribution in [0.3, 0.4) is 0 Å². The third kappa shape index (κ3) is 11.0. The third-order valence-corrected chi connectivity index (χ3v) is 3.63. The maximum Gasteiger partial charge on any atom is 0.337 e. The number of aliphatic hydroxyl groups excluding tert-OH is 3. The molecule has 0 aliphatic rings. The monoisotopic (exact) mass is 423 g/mol. The fraction of sp³-hybridized carbons (Fsp3) is 0.300. The molecule has 2 rings (SSSR count). The normalized spacial score (nSPS) is 9.73. The van der Waals surface area contributed by atoms with Crippen molar-refractivity contribution in [1.82, 2.24) is 4.90 Å². The van der Waals surface area contributed by atoms with E-state index in [2.05, 4.69) is 0 Å². The van der Waals surface area contributed by atoms with Gasteiger partial charge in [0.25, 0.3) is 0 Å². The Morgan fingerprint density at radius 2 is 0.967 bits per heavy atom. The summed E-state index contributed by atoms with van der Waals surface area (Å²) in [5.41, 5.74) is 11.6. The van der Waals surface area contributed by atoms with Gasteiger partial charge in [-0.1, -0.05) is 24.3 Å². The molecule has 9 N–H and O–H groups in total. The van der Waals surface area contributed by atoms with E-state index in [0.717, 1.165) is 0 Å². The summed E-state index contributed by atoms with van der Waals surface area (Å²) in [5.74, 6) is -1.98. The molecule has 0 spiro atoms. The summed E-state index contributed by atoms with van der Waals surface area (Å²) < 4.78 is 0. The highest BCUT2D eigenvalue weighted by atomic mass is 16.4. The highest BCUT2D eigenvalue weighted by Gasteiger charge is 2.04. The fourth-order valence-electron chi connectivity index (χ4n) is 2.14. The summed E-state index contributed by atoms with van der Waals surface area (Å²) in [4.78, 5) is 22.5. The Morgan fingerprint density at radius 1 is 0.667 bits per heavy atom. The first-order valence-corrected chi connectivity index (χ1v) is 8.98. The van der Waals surface area contributed by atoms with E-state index >= 15 is 0 Å². The van der Waals surface area contributed by atoms with Crippen LogP contribution in [0.25, 0.3) is 0 Å². The van der Waals surface area contributed by atoms with Crippen molar-refractivity contribution in [2.75, 3.05) is 50.9 Å². The van der Waals surface area contributed by atoms with Gasteiger partial charge in [0.15, 0.2) is 0 Å². The van der Waals surface area contributed by atoms with Crippen LogP contribution in [0.2, 0.25) is 0 Å². The highest BCUT2D eigenvalue weighted by Crippen LogP contribution is 2.09. The van der Waals surface area contributed by atoms with Gasteiger partial charge in [-0.15, -0.1) is 0 Å². The van der Waals surface area contributed by atoms with Crippen molar-refractivity contribution in [1.29, 1.82) is 0 Å². The van der Waals surface area contributed by atoms with Gasteiger partial charge in [-0.2, -0.15) is 0 Å². The van der Waals surface area contributed by atoms with Gasteiger partial charge >= 0.3 is 11.9 Å². The summed E-state index contributed by atoms with van der Waals surface area (Å²) in [6.07, 6.45) is 0. The van der Waals surface area contributed by atoms with Gasteiger partial charge in [-0.3, -0.25) is 4.90 Å². The number of nitrogens with two attached hydrogens (primary N) is 2. The van der Waals surface area contributed by atoms with Gasteiger partial charge in [-0.25, -0.2) is 9.59 Å². The minimum Gasteiger partial charge on any atom is -0.478 e. The fourth-order valence-corrected chi connectivity index (χ4v) is 2.14. The standard InChI is InChI=1S/2C7H7NO2.C6H15NO3/c2*8-6-4-2-1-3-5(6)7(9)10;8-4-1-7(2-5-9)3-6-10/h2*1-4H,8H2,(H,9,10);8-10H,1-6H2. The second-order valence-corrected chi connectivity index (χ2v) is 5.80. The molecule has 0 amide bonds. The average molecular weight is 423 g/mol. The largest absolute Gasteiger partial charge is 0.478 e. The first-order valence-electron chi connectivity index (χ1n) is 8.98. The Labute approximate surface area is 174 Å². The van der Waals surface area contributed by atoms with E-state index in [1.54, 1.807) is 41.3 Å². The van der Waals surface area contributed by atoms with E-state index in [4.69, 9.17) is 37.0 Å². The lowest BCUT2D eigenvalue weighted by Gasteiger charge is -2.17. The van der Waals surface area contributed by atoms with Crippen LogP contribution in [0, 0.1) is 0 Å². The number of hydrogen-bond donors (Lipinski definition) is 7. The van der Waals surface area contributed by atoms with Crippen LogP contribution in [-0.4, -0.2) is 81.8 Å². The summed E-state index contributed by atoms with van der Waals surface area (Å²) in [5, 5.41) is 42.4. The summed E-state index contributed by atoms with van der Waals surface area (Å²) in [6, 6.07) is 12.7. The van der Waals surface area contributed by atoms with Crippen molar-refractivity contribution in [3.8, 4) is 0 Å². The molecule has 10 nitrogen and oxygen atoms in total. The van der Waals surface area contributed by atoms with E-state index in [-0.39, 0.29) is 30.9 Å². The van der Waals surface area contributed by atoms with E-state index in [1.165, 1.54) is 12.1 Å². The molecule has 10 heteroatoms. The molecule has 166 valence electrons. The van der Waals surface area contributed by atoms with Gasteiger partial charge < -0.3 is 37.0 Å². The predicted octanol–water partition coefficient (Wildman–Crippen LogP) is 0.199. The lowest BCUT2D eigenvalue weighted by molar-refractivity contribution is 0.0687. The quantitative estimate of drug-likeness (QED) is 0.289. The Balaban J connectivity index is 0.000000420. The lowest BCUT2D eigenvalue weighted by atomic mass is 10.2. The number of para-hydroxylation sites is 2. The van der Waals surface area contributed by atoms with Crippen LogP contribution in [0.15, 0.2) is 48.5 Å². The number of carbonyl (C=O) groups is 2. The maximum absolute atomic E-state index is 10.3. The molecule has 0 radical (unpaired) electrons. The number of carboxylic acid groups (broad SMARTS) is 2. The summed E-state index contributed by atoms with van der Waals surface area (Å²) in [6.45, 7) is 1.75. The number of hydrogen-bond acceptors (Lipinski definition) is 8. The van der Waals surface area contributed by atoms with Crippen molar-refractivity contribution < 1.29 is 35.1 Å². The predicted molar refractivity (Wildman–Crippen MR) is 113 cm³/mol. The van der Waals surface area contributed by atoms with Crippen molar-refractivity contribution in [3.05, 3.63) is 59.7 Å². The summed E-state index contributed by atoms with van der Waals surface area (Å²) in [7, 11) is 0. The number of nitrogen functional groups attached to an aromatic ring is 2. The Bertz CT molecular complexity index is 702. The number of nitrogens with zero attached hydrogens (tertiary/aromatic N) is 1. The number of benzene rings is 2. The Morgan fingerprint density at radius 3 is 1.17 bits per heavy atom. The van der Waals surface area contributed by atoms with Crippen LogP contribution >= 0.6 is 0 Å². The molecule has 0 bridgehead atoms. The molecular formula is C20H29N3O7. The second kappa shape index (κ2) is 15.7. The minimum absolute atomic E-state index is 0.0694. The molecular weight excluding hydrogens is 394 g/mol. The zero-order valence-corrected chi connectivity index (χ0v) is 16.5. The third-order valence-electron chi connectivity index (χ3n) is 3.63. The SMILES string of the molecule is Nc1ccccc1C(=O)O.Nc1ccccc1C(=O)O.OCCN(CCO)CCO. The molecule has 0 saturated heterocycles. The molecule has 0 atom stereocenters. The average Bonchev–Trinajstić information content (AvgIpc) is 2.70. The van der Waals surface area contributed by atoms with Crippen LogP contribution in [0.5, 0.6) is 0 Å². The number of rotatable bonds is 8. The maximum atomic E-state index is 10.3. The molecule has 0 saturated carbocycles. The van der Waals surface area contributed by atoms with Gasteiger partial charge in [0.05, 0.1) is 30.9 Å². The number of aliphatic hydroxyl groups is 3. The van der Waals surface area contributed by atoms with Crippen molar-refractivity contribution in [2.45, 2.75) is 0 Å². The second-order valence-electron chi connectivity index (χ2n) is 5.80. The van der Waals surface area contributed by atoms with Crippen LogP contribution in [0.1, 0.15) is 20.7 Å². The van der Waals surface area contributed by atoms with E-state index in [9.17, 15) is 9.59 Å². The first-order chi connectivity index (χ1) is 14.3. The van der Waals surface area contributed by atoms with Gasteiger partial charge in [-0.05, 0) is 24.3 Å². The van der Waals surface area contributed by atoms with Gasteiger partial charge in [0.2, 0.25) is 0 Å². The molecule has 0 unspecified atom stereocenters. The van der Waals surface area contributed by atoms with Gasteiger partial charge in [0.1, 0.15) is 0 Å². The van der Waals surface area contributed by atoms with E-state index < -0.39 is 11.9 Å². The Hall–Kier alpha value is -3.18. The highest BCUT2D eigenvalue weighted by molar-refractivity contribution is 5.93. The number of anilines is 2. The molecule has 2 aromatic rings. The molecule has 0 aromatic heterocycles. The first kappa shape index (κ1) is 26.8. The summed E-state index contributed by atoms with van der Waals surface area (Å²) >= 11 is 0. The van der Waals surface area contributed by atoms with E-state index in [1.807, 2.05) is 0 Å². The molecule has 0 aliphatic heterocycles. The van der Waals surface area contributed by atoms with E-state index in [0.29, 0.717) is 31.0 Å². The topological polar surface area (TPSA) is 191 Å². The van der Waals surface area contributed by atoms with Crippen LogP contribution in [-0.2, 0) is 0 Å². The molecule has 0 fully saturated rings.